The molecule has 1 spiro atoms. The fourth-order valence-corrected chi connectivity index (χ4v) is 3.85. The van der Waals surface area contributed by atoms with Crippen LogP contribution in [0.2, 0.25) is 0 Å². The van der Waals surface area contributed by atoms with Crippen molar-refractivity contribution in [1.29, 1.82) is 0 Å². The normalized spacial score (nSPS) is 18.8. The van der Waals surface area contributed by atoms with Gasteiger partial charge in [0.05, 0.1) is 6.42 Å². The molecule has 2 aromatic carbocycles. The molecule has 2 aliphatic rings. The van der Waals surface area contributed by atoms with E-state index in [-0.39, 0.29) is 11.5 Å². The molecule has 0 aliphatic carbocycles. The van der Waals surface area contributed by atoms with Crippen LogP contribution in [0.25, 0.3) is 0 Å². The van der Waals surface area contributed by atoms with Gasteiger partial charge in [0.2, 0.25) is 5.91 Å². The summed E-state index contributed by atoms with van der Waals surface area (Å²) in [5.41, 5.74) is 2.33. The van der Waals surface area contributed by atoms with E-state index in [2.05, 4.69) is 18.2 Å². The van der Waals surface area contributed by atoms with Crippen LogP contribution in [-0.4, -0.2) is 29.5 Å². The van der Waals surface area contributed by atoms with Crippen LogP contribution in [0.1, 0.15) is 30.4 Å². The lowest BCUT2D eigenvalue weighted by molar-refractivity contribution is -0.134. The molecule has 124 valence electrons. The molecule has 1 fully saturated rings. The highest BCUT2D eigenvalue weighted by Crippen LogP contribution is 2.39. The Balaban J connectivity index is 1.38. The molecule has 2 aromatic rings. The Hall–Kier alpha value is -2.29. The van der Waals surface area contributed by atoms with Crippen LogP contribution < -0.4 is 4.74 Å². The van der Waals surface area contributed by atoms with Gasteiger partial charge in [-0.2, -0.15) is 0 Å². The minimum absolute atomic E-state index is 0.0715. The van der Waals surface area contributed by atoms with Crippen LogP contribution in [-0.2, 0) is 17.6 Å². The maximum Gasteiger partial charge on any atom is 0.226 e. The molecule has 0 unspecified atom stereocenters. The van der Waals surface area contributed by atoms with Crippen molar-refractivity contribution in [3.63, 3.8) is 0 Å². The number of ether oxygens (including phenoxy) is 1. The van der Waals surface area contributed by atoms with Crippen LogP contribution in [0.5, 0.6) is 5.75 Å². The summed E-state index contributed by atoms with van der Waals surface area (Å²) in [6.07, 6.45) is 4.50. The van der Waals surface area contributed by atoms with Crippen LogP contribution >= 0.6 is 0 Å². The van der Waals surface area contributed by atoms with Crippen LogP contribution in [0.3, 0.4) is 0 Å². The van der Waals surface area contributed by atoms with E-state index >= 15 is 0 Å². The average molecular weight is 321 g/mol. The predicted octanol–water partition coefficient (Wildman–Crippen LogP) is 3.62. The number of carbonyl (C=O) groups is 1. The lowest BCUT2D eigenvalue weighted by Crippen LogP contribution is -2.51. The van der Waals surface area contributed by atoms with Gasteiger partial charge in [0, 0.05) is 25.9 Å². The third kappa shape index (κ3) is 3.03. The Morgan fingerprint density at radius 2 is 1.67 bits per heavy atom. The molecule has 2 heterocycles. The molecule has 2 aliphatic heterocycles. The molecule has 0 atom stereocenters. The first-order valence-electron chi connectivity index (χ1n) is 8.83. The summed E-state index contributed by atoms with van der Waals surface area (Å²) >= 11 is 0. The number of hydrogen-bond donors (Lipinski definition) is 0. The lowest BCUT2D eigenvalue weighted by atomic mass is 9.83. The smallest absolute Gasteiger partial charge is 0.226 e. The van der Waals surface area contributed by atoms with E-state index in [1.807, 2.05) is 41.3 Å². The molecule has 0 saturated carbocycles. The van der Waals surface area contributed by atoms with Gasteiger partial charge in [-0.05, 0) is 30.0 Å². The summed E-state index contributed by atoms with van der Waals surface area (Å²) in [6.45, 7) is 1.60. The zero-order valence-corrected chi connectivity index (χ0v) is 13.9. The number of rotatable bonds is 2. The van der Waals surface area contributed by atoms with Crippen molar-refractivity contribution in [2.75, 3.05) is 13.1 Å². The number of hydrogen-bond acceptors (Lipinski definition) is 2. The van der Waals surface area contributed by atoms with E-state index in [4.69, 9.17) is 4.74 Å². The first-order valence-corrected chi connectivity index (χ1v) is 8.83. The van der Waals surface area contributed by atoms with E-state index in [9.17, 15) is 4.79 Å². The number of carbonyl (C=O) groups excluding carboxylic acids is 1. The monoisotopic (exact) mass is 321 g/mol. The summed E-state index contributed by atoms with van der Waals surface area (Å²) in [5.74, 6) is 1.26. The topological polar surface area (TPSA) is 29.5 Å². The Kier molecular flexibility index (Phi) is 4.01. The highest BCUT2D eigenvalue weighted by atomic mass is 16.5. The Morgan fingerprint density at radius 3 is 2.46 bits per heavy atom. The van der Waals surface area contributed by atoms with Crippen LogP contribution in [0.4, 0.5) is 0 Å². The van der Waals surface area contributed by atoms with Gasteiger partial charge >= 0.3 is 0 Å². The summed E-state index contributed by atoms with van der Waals surface area (Å²) in [5, 5.41) is 0. The van der Waals surface area contributed by atoms with Gasteiger partial charge in [-0.1, -0.05) is 48.5 Å². The van der Waals surface area contributed by atoms with Gasteiger partial charge in [-0.25, -0.2) is 0 Å². The van der Waals surface area contributed by atoms with E-state index < -0.39 is 0 Å². The first kappa shape index (κ1) is 15.3. The Morgan fingerprint density at radius 1 is 0.958 bits per heavy atom. The highest BCUT2D eigenvalue weighted by molar-refractivity contribution is 5.78. The van der Waals surface area contributed by atoms with Crippen molar-refractivity contribution in [3.8, 4) is 5.75 Å². The maximum atomic E-state index is 12.5. The van der Waals surface area contributed by atoms with Crippen molar-refractivity contribution in [1.82, 2.24) is 4.90 Å². The molecule has 3 heteroatoms. The second-order valence-corrected chi connectivity index (χ2v) is 6.94. The molecule has 0 aromatic heterocycles. The predicted molar refractivity (Wildman–Crippen MR) is 94.1 cm³/mol. The number of likely N-dealkylation sites (tertiary alicyclic amines) is 1. The molecular weight excluding hydrogens is 298 g/mol. The second-order valence-electron chi connectivity index (χ2n) is 6.94. The highest BCUT2D eigenvalue weighted by Gasteiger charge is 2.40. The van der Waals surface area contributed by atoms with Gasteiger partial charge in [-0.15, -0.1) is 0 Å². The number of aryl methyl sites for hydroxylation is 1. The van der Waals surface area contributed by atoms with Crippen molar-refractivity contribution in [2.24, 2.45) is 0 Å². The lowest BCUT2D eigenvalue weighted by Gasteiger charge is -2.44. The number of amides is 1. The van der Waals surface area contributed by atoms with E-state index in [0.29, 0.717) is 6.42 Å². The average Bonchev–Trinajstić information content (AvgIpc) is 2.63. The first-order chi connectivity index (χ1) is 11.7. The molecule has 0 bridgehead atoms. The largest absolute Gasteiger partial charge is 0.487 e. The molecule has 0 N–H and O–H groups in total. The summed E-state index contributed by atoms with van der Waals surface area (Å²) < 4.78 is 6.37. The zero-order valence-electron chi connectivity index (χ0n) is 13.9. The van der Waals surface area contributed by atoms with Gasteiger partial charge in [0.25, 0.3) is 0 Å². The molecule has 24 heavy (non-hydrogen) atoms. The summed E-state index contributed by atoms with van der Waals surface area (Å²) in [7, 11) is 0. The summed E-state index contributed by atoms with van der Waals surface area (Å²) in [6, 6.07) is 18.3. The van der Waals surface area contributed by atoms with E-state index in [1.54, 1.807) is 0 Å². The minimum atomic E-state index is -0.0715. The van der Waals surface area contributed by atoms with Crippen LogP contribution in [0, 0.1) is 0 Å². The SMILES string of the molecule is O=C(Cc1ccccc1)N1CCC2(CCc3ccccc3O2)CC1. The summed E-state index contributed by atoms with van der Waals surface area (Å²) in [4.78, 5) is 14.5. The number of piperidine rings is 1. The fourth-order valence-electron chi connectivity index (χ4n) is 3.85. The standard InChI is InChI=1S/C21H23NO2/c23-20(16-17-6-2-1-3-7-17)22-14-12-21(13-15-22)11-10-18-8-4-5-9-19(18)24-21/h1-9H,10-16H2. The molecule has 1 saturated heterocycles. The molecule has 4 rings (SSSR count). The third-order valence-electron chi connectivity index (χ3n) is 5.37. The van der Waals surface area contributed by atoms with Gasteiger partial charge < -0.3 is 9.64 Å². The quantitative estimate of drug-likeness (QED) is 0.845. The van der Waals surface area contributed by atoms with Crippen molar-refractivity contribution in [3.05, 3.63) is 65.7 Å². The minimum Gasteiger partial charge on any atom is -0.487 e. The maximum absolute atomic E-state index is 12.5. The Labute approximate surface area is 143 Å². The second kappa shape index (κ2) is 6.31. The molecule has 1 amide bonds. The van der Waals surface area contributed by atoms with Crippen molar-refractivity contribution in [2.45, 2.75) is 37.7 Å². The van der Waals surface area contributed by atoms with Crippen LogP contribution in [0.15, 0.2) is 54.6 Å². The van der Waals surface area contributed by atoms with E-state index in [0.717, 1.165) is 50.1 Å². The van der Waals surface area contributed by atoms with Gasteiger partial charge in [0.15, 0.2) is 0 Å². The van der Waals surface area contributed by atoms with E-state index in [1.165, 1.54) is 5.56 Å². The molecule has 0 radical (unpaired) electrons. The number of benzene rings is 2. The van der Waals surface area contributed by atoms with Crippen molar-refractivity contribution < 1.29 is 9.53 Å². The Bertz CT molecular complexity index is 718. The number of fused-ring (bicyclic) bond motifs is 1. The number of nitrogens with zero attached hydrogens (tertiary/aromatic N) is 1. The van der Waals surface area contributed by atoms with Gasteiger partial charge in [-0.3, -0.25) is 4.79 Å². The fraction of sp³-hybridized carbons (Fsp3) is 0.381. The van der Waals surface area contributed by atoms with Crippen molar-refractivity contribution >= 4 is 5.91 Å². The molecular formula is C21H23NO2. The van der Waals surface area contributed by atoms with Gasteiger partial charge in [0.1, 0.15) is 11.4 Å². The zero-order chi connectivity index (χ0) is 16.4. The third-order valence-corrected chi connectivity index (χ3v) is 5.37. The molecule has 3 nitrogen and oxygen atoms in total. The number of para-hydroxylation sites is 1.